The van der Waals surface area contributed by atoms with Crippen LogP contribution in [0, 0.1) is 5.82 Å². The lowest BCUT2D eigenvalue weighted by Crippen LogP contribution is -2.40. The molecule has 0 fully saturated rings. The molecule has 3 aromatic rings. The van der Waals surface area contributed by atoms with Crippen LogP contribution in [-0.2, 0) is 0 Å². The summed E-state index contributed by atoms with van der Waals surface area (Å²) in [5.74, 6) is -0.508. The number of aromatic nitrogens is 1. The Morgan fingerprint density at radius 1 is 1.11 bits per heavy atom. The second-order valence-electron chi connectivity index (χ2n) is 5.97. The average Bonchev–Trinajstić information content (AvgIpc) is 3.19. The van der Waals surface area contributed by atoms with Gasteiger partial charge in [-0.05, 0) is 41.5 Å². The fourth-order valence-electron chi connectivity index (χ4n) is 2.45. The van der Waals surface area contributed by atoms with Gasteiger partial charge in [0.2, 0.25) is 5.70 Å². The summed E-state index contributed by atoms with van der Waals surface area (Å²) in [4.78, 5) is 2.83. The van der Waals surface area contributed by atoms with Crippen molar-refractivity contribution in [2.75, 3.05) is 24.3 Å². The van der Waals surface area contributed by atoms with Gasteiger partial charge in [0.15, 0.2) is 17.4 Å². The number of benzene rings is 1. The van der Waals surface area contributed by atoms with Gasteiger partial charge < -0.3 is 15.3 Å². The largest absolute Gasteiger partial charge is 0.867 e. The van der Waals surface area contributed by atoms with Crippen molar-refractivity contribution >= 4 is 51.4 Å². The number of anilines is 2. The Bertz CT molecular complexity index is 950. The fraction of sp³-hybridized carbons (Fsp3) is 0.100. The molecule has 2 aromatic heterocycles. The standard InChI is InChI=1S/C20H18FN3OS2/c1-23(2)16-9-11-24(12-10-16)18(19(25)17-4-3-13-27-17)20(26)22-15-7-5-14(21)6-8-15/h3-13H,1-2H3,(H-,22,25,26). The molecule has 4 nitrogen and oxygen atoms in total. The van der Waals surface area contributed by atoms with E-state index in [4.69, 9.17) is 12.2 Å². The van der Waals surface area contributed by atoms with Crippen molar-refractivity contribution in [1.29, 1.82) is 0 Å². The number of hydrogen-bond acceptors (Lipinski definition) is 4. The van der Waals surface area contributed by atoms with Crippen LogP contribution in [0.15, 0.2) is 66.3 Å². The van der Waals surface area contributed by atoms with Crippen molar-refractivity contribution in [2.45, 2.75) is 0 Å². The van der Waals surface area contributed by atoms with E-state index in [0.29, 0.717) is 16.3 Å². The highest BCUT2D eigenvalue weighted by Crippen LogP contribution is 2.21. The molecule has 0 aliphatic rings. The van der Waals surface area contributed by atoms with Crippen LogP contribution in [-0.4, -0.2) is 19.1 Å². The van der Waals surface area contributed by atoms with Crippen molar-refractivity contribution in [3.8, 4) is 0 Å². The second-order valence-corrected chi connectivity index (χ2v) is 7.33. The SMILES string of the molecule is CN(C)c1cc[n+](C(C(=S)Nc2ccc(F)cc2)=C([O-])c2cccs2)cc1. The first-order valence-corrected chi connectivity index (χ1v) is 9.45. The normalized spacial score (nSPS) is 11.7. The molecule has 7 heteroatoms. The first kappa shape index (κ1) is 19.0. The van der Waals surface area contributed by atoms with Crippen LogP contribution in [0.4, 0.5) is 15.8 Å². The minimum Gasteiger partial charge on any atom is -0.867 e. The summed E-state index contributed by atoms with van der Waals surface area (Å²) >= 11 is 6.88. The molecular formula is C20H18FN3OS2. The molecule has 0 aliphatic carbocycles. The van der Waals surface area contributed by atoms with Crippen molar-refractivity contribution < 1.29 is 14.1 Å². The van der Waals surface area contributed by atoms with E-state index < -0.39 is 0 Å². The van der Waals surface area contributed by atoms with Crippen LogP contribution in [0.1, 0.15) is 4.88 Å². The predicted octanol–water partition coefficient (Wildman–Crippen LogP) is 3.37. The number of thiophene rings is 1. The Kier molecular flexibility index (Phi) is 5.83. The summed E-state index contributed by atoms with van der Waals surface area (Å²) in [6.45, 7) is 0. The van der Waals surface area contributed by atoms with Gasteiger partial charge in [0.05, 0.1) is 0 Å². The van der Waals surface area contributed by atoms with E-state index in [2.05, 4.69) is 5.32 Å². The summed E-state index contributed by atoms with van der Waals surface area (Å²) in [7, 11) is 3.89. The van der Waals surface area contributed by atoms with E-state index in [9.17, 15) is 9.50 Å². The van der Waals surface area contributed by atoms with Crippen molar-refractivity contribution in [1.82, 2.24) is 0 Å². The van der Waals surface area contributed by atoms with Gasteiger partial charge in [0.1, 0.15) is 5.82 Å². The maximum atomic E-state index is 13.1. The third-order valence-electron chi connectivity index (χ3n) is 3.86. The Morgan fingerprint density at radius 3 is 2.33 bits per heavy atom. The van der Waals surface area contributed by atoms with Crippen molar-refractivity contribution in [3.63, 3.8) is 0 Å². The molecule has 3 rings (SSSR count). The molecule has 0 spiro atoms. The van der Waals surface area contributed by atoms with Crippen LogP contribution in [0.5, 0.6) is 0 Å². The lowest BCUT2D eigenvalue weighted by molar-refractivity contribution is -0.577. The smallest absolute Gasteiger partial charge is 0.239 e. The summed E-state index contributed by atoms with van der Waals surface area (Å²) in [6.07, 6.45) is 3.60. The fourth-order valence-corrected chi connectivity index (χ4v) is 3.43. The quantitative estimate of drug-likeness (QED) is 0.309. The average molecular weight is 400 g/mol. The van der Waals surface area contributed by atoms with Gasteiger partial charge in [-0.2, -0.15) is 4.57 Å². The molecular weight excluding hydrogens is 381 g/mol. The molecule has 1 aromatic carbocycles. The number of thiocarbonyl (C=S) groups is 1. The van der Waals surface area contributed by atoms with E-state index >= 15 is 0 Å². The zero-order chi connectivity index (χ0) is 19.4. The number of pyridine rings is 1. The van der Waals surface area contributed by atoms with Gasteiger partial charge in [0, 0.05) is 42.5 Å². The third kappa shape index (κ3) is 4.50. The highest BCUT2D eigenvalue weighted by Gasteiger charge is 2.19. The molecule has 27 heavy (non-hydrogen) atoms. The molecule has 0 bridgehead atoms. The summed E-state index contributed by atoms with van der Waals surface area (Å²) < 4.78 is 14.8. The molecule has 0 amide bonds. The molecule has 0 unspecified atom stereocenters. The first-order valence-electron chi connectivity index (χ1n) is 8.17. The van der Waals surface area contributed by atoms with Crippen LogP contribution < -0.4 is 19.9 Å². The Labute approximate surface area is 166 Å². The molecule has 2 heterocycles. The number of nitrogens with one attached hydrogen (secondary N) is 1. The molecule has 0 saturated carbocycles. The van der Waals surface area contributed by atoms with Gasteiger partial charge in [-0.25, -0.2) is 4.39 Å². The van der Waals surface area contributed by atoms with Crippen LogP contribution in [0.2, 0.25) is 0 Å². The van der Waals surface area contributed by atoms with Crippen molar-refractivity contribution in [2.24, 2.45) is 0 Å². The highest BCUT2D eigenvalue weighted by molar-refractivity contribution is 7.81. The van der Waals surface area contributed by atoms with Crippen LogP contribution >= 0.6 is 23.6 Å². The number of halogens is 1. The predicted molar refractivity (Wildman–Crippen MR) is 111 cm³/mol. The van der Waals surface area contributed by atoms with Crippen LogP contribution in [0.3, 0.4) is 0 Å². The summed E-state index contributed by atoms with van der Waals surface area (Å²) in [5.41, 5.74) is 1.96. The number of nitrogens with zero attached hydrogens (tertiary/aromatic N) is 2. The van der Waals surface area contributed by atoms with Crippen LogP contribution in [0.25, 0.3) is 11.5 Å². The lowest BCUT2D eigenvalue weighted by Gasteiger charge is -2.16. The minimum atomic E-state index is -0.334. The van der Waals surface area contributed by atoms with Crippen molar-refractivity contribution in [3.05, 3.63) is 77.0 Å². The highest BCUT2D eigenvalue weighted by atomic mass is 32.1. The molecule has 138 valence electrons. The molecule has 0 aliphatic heterocycles. The summed E-state index contributed by atoms with van der Waals surface area (Å²) in [5, 5.41) is 17.9. The number of hydrogen-bond donors (Lipinski definition) is 1. The third-order valence-corrected chi connectivity index (χ3v) is 5.03. The molecule has 0 atom stereocenters. The van der Waals surface area contributed by atoms with E-state index in [0.717, 1.165) is 5.69 Å². The van der Waals surface area contributed by atoms with Gasteiger partial charge in [-0.15, -0.1) is 11.3 Å². The lowest BCUT2D eigenvalue weighted by atomic mass is 10.2. The zero-order valence-corrected chi connectivity index (χ0v) is 16.5. The Balaban J connectivity index is 2.01. The monoisotopic (exact) mass is 399 g/mol. The van der Waals surface area contributed by atoms with Gasteiger partial charge in [-0.1, -0.05) is 18.3 Å². The number of rotatable bonds is 5. The molecule has 0 saturated heterocycles. The Morgan fingerprint density at radius 2 is 1.78 bits per heavy atom. The second kappa shape index (κ2) is 8.28. The maximum absolute atomic E-state index is 13.1. The molecule has 1 N–H and O–H groups in total. The topological polar surface area (TPSA) is 42.2 Å². The van der Waals surface area contributed by atoms with E-state index in [1.54, 1.807) is 35.2 Å². The minimum absolute atomic E-state index is 0.174. The van der Waals surface area contributed by atoms with Gasteiger partial charge in [-0.3, -0.25) is 0 Å². The first-order chi connectivity index (χ1) is 13.0. The zero-order valence-electron chi connectivity index (χ0n) is 14.8. The van der Waals surface area contributed by atoms with Gasteiger partial charge in [0.25, 0.3) is 0 Å². The maximum Gasteiger partial charge on any atom is 0.239 e. The Hall–Kier alpha value is -2.77. The van der Waals surface area contributed by atoms with Gasteiger partial charge >= 0.3 is 0 Å². The van der Waals surface area contributed by atoms with E-state index in [1.807, 2.05) is 42.6 Å². The van der Waals surface area contributed by atoms with E-state index in [1.165, 1.54) is 23.5 Å². The van der Waals surface area contributed by atoms with E-state index in [-0.39, 0.29) is 16.6 Å². The summed E-state index contributed by atoms with van der Waals surface area (Å²) in [6, 6.07) is 13.2. The molecule has 0 radical (unpaired) electrons.